The fourth-order valence-electron chi connectivity index (χ4n) is 1.18. The van der Waals surface area contributed by atoms with Crippen LogP contribution in [-0.4, -0.2) is 28.5 Å². The van der Waals surface area contributed by atoms with E-state index >= 15 is 0 Å². The highest BCUT2D eigenvalue weighted by Crippen LogP contribution is 2.08. The lowest BCUT2D eigenvalue weighted by Crippen LogP contribution is -2.08. The number of amides is 2. The molecule has 0 aromatic heterocycles. The third-order valence-corrected chi connectivity index (χ3v) is 1.89. The predicted molar refractivity (Wildman–Crippen MR) is 56.6 cm³/mol. The molecule has 0 bridgehead atoms. The van der Waals surface area contributed by atoms with E-state index in [-0.39, 0.29) is 0 Å². The summed E-state index contributed by atoms with van der Waals surface area (Å²) in [6.45, 7) is 2.03. The quantitative estimate of drug-likeness (QED) is 0.700. The van der Waals surface area contributed by atoms with Gasteiger partial charge in [0.15, 0.2) is 0 Å². The van der Waals surface area contributed by atoms with Crippen LogP contribution in [0.3, 0.4) is 0 Å². The van der Waals surface area contributed by atoms with Gasteiger partial charge in [-0.15, -0.1) is 0 Å². The Hall–Kier alpha value is -1.78. The number of hydrogen-bond acceptors (Lipinski definition) is 2. The number of allylic oxidation sites excluding steroid dienone is 1. The van der Waals surface area contributed by atoms with Crippen LogP contribution in [0.1, 0.15) is 26.2 Å². The number of hydrogen-bond donors (Lipinski definition) is 1. The van der Waals surface area contributed by atoms with Crippen molar-refractivity contribution < 1.29 is 14.7 Å². The fraction of sp³-hybridized carbons (Fsp3) is 0.400. The first-order valence-electron chi connectivity index (χ1n) is 4.75. The molecule has 0 aromatic rings. The molecule has 0 fully saturated rings. The summed E-state index contributed by atoms with van der Waals surface area (Å²) < 4.78 is 0. The summed E-state index contributed by atoms with van der Waals surface area (Å²) >= 11 is 0. The van der Waals surface area contributed by atoms with E-state index in [1.807, 2.05) is 6.92 Å². The Morgan fingerprint density at radius 3 is 2.80 bits per heavy atom. The molecule has 0 atom stereocenters. The van der Waals surface area contributed by atoms with Crippen molar-refractivity contribution in [1.82, 2.24) is 0 Å². The van der Waals surface area contributed by atoms with Crippen LogP contribution < -0.4 is 0 Å². The molecule has 0 unspecified atom stereocenters. The summed E-state index contributed by atoms with van der Waals surface area (Å²) in [4.78, 5) is 28.5. The largest absolute Gasteiger partial charge is 0.478 e. The van der Waals surface area contributed by atoms with Gasteiger partial charge in [-0.1, -0.05) is 13.3 Å². The van der Waals surface area contributed by atoms with Gasteiger partial charge in [-0.05, 0) is 18.9 Å². The molecule has 0 aliphatic carbocycles. The second-order valence-electron chi connectivity index (χ2n) is 3.11. The normalized spacial score (nSPS) is 15.7. The summed E-state index contributed by atoms with van der Waals surface area (Å²) in [6, 6.07) is -0.550. The SMILES string of the molecule is CCCCC1=NC(=O)N=C1C=CC(=O)O. The van der Waals surface area contributed by atoms with Crippen molar-refractivity contribution in [2.24, 2.45) is 9.98 Å². The maximum atomic E-state index is 10.9. The van der Waals surface area contributed by atoms with E-state index in [0.717, 1.165) is 18.9 Å². The number of aliphatic carboxylic acids is 1. The average Bonchev–Trinajstić information content (AvgIpc) is 2.52. The number of carboxylic acid groups (broad SMARTS) is 1. The summed E-state index contributed by atoms with van der Waals surface area (Å²) in [7, 11) is 0. The molecule has 2 amide bonds. The van der Waals surface area contributed by atoms with Gasteiger partial charge in [-0.2, -0.15) is 9.98 Å². The minimum absolute atomic E-state index is 0.371. The molecule has 1 N–H and O–H groups in total. The fourth-order valence-corrected chi connectivity index (χ4v) is 1.18. The van der Waals surface area contributed by atoms with Gasteiger partial charge < -0.3 is 5.11 Å². The highest BCUT2D eigenvalue weighted by Gasteiger charge is 2.16. The van der Waals surface area contributed by atoms with E-state index < -0.39 is 12.0 Å². The number of nitrogens with zero attached hydrogens (tertiary/aromatic N) is 2. The van der Waals surface area contributed by atoms with E-state index in [4.69, 9.17) is 5.11 Å². The lowest BCUT2D eigenvalue weighted by Gasteiger charge is -1.97. The number of urea groups is 1. The van der Waals surface area contributed by atoms with Crippen molar-refractivity contribution in [3.05, 3.63) is 12.2 Å². The molecule has 0 spiro atoms. The average molecular weight is 208 g/mol. The van der Waals surface area contributed by atoms with E-state index in [2.05, 4.69) is 9.98 Å². The number of carboxylic acids is 1. The second kappa shape index (κ2) is 5.19. The van der Waals surface area contributed by atoms with Gasteiger partial charge in [0.1, 0.15) is 0 Å². The van der Waals surface area contributed by atoms with Crippen molar-refractivity contribution >= 4 is 23.4 Å². The summed E-state index contributed by atoms with van der Waals surface area (Å²) in [5.41, 5.74) is 0.954. The van der Waals surface area contributed by atoms with E-state index in [1.165, 1.54) is 6.08 Å². The zero-order valence-corrected chi connectivity index (χ0v) is 8.43. The molecule has 1 heterocycles. The number of unbranched alkanes of at least 4 members (excludes halogenated alkanes) is 1. The minimum atomic E-state index is -1.06. The maximum absolute atomic E-state index is 10.9. The van der Waals surface area contributed by atoms with Crippen LogP contribution >= 0.6 is 0 Å². The van der Waals surface area contributed by atoms with Crippen LogP contribution in [0.4, 0.5) is 4.79 Å². The van der Waals surface area contributed by atoms with E-state index in [1.54, 1.807) is 0 Å². The van der Waals surface area contributed by atoms with Crippen molar-refractivity contribution in [2.75, 3.05) is 0 Å². The monoisotopic (exact) mass is 208 g/mol. The molecule has 80 valence electrons. The van der Waals surface area contributed by atoms with Crippen molar-refractivity contribution in [3.8, 4) is 0 Å². The van der Waals surface area contributed by atoms with Crippen LogP contribution in [0.25, 0.3) is 0 Å². The predicted octanol–water partition coefficient (Wildman–Crippen LogP) is 1.83. The number of carbonyl (C=O) groups excluding carboxylic acids is 1. The molecule has 5 heteroatoms. The Balaban J connectivity index is 2.71. The Morgan fingerprint density at radius 2 is 2.20 bits per heavy atom. The molecule has 0 saturated carbocycles. The standard InChI is InChI=1S/C10H12N2O3/c1-2-3-4-7-8(5-6-9(13)14)12-10(15)11-7/h5-6H,2-4H2,1H3,(H,13,14). The molecule has 0 aromatic carbocycles. The first kappa shape index (κ1) is 11.3. The Labute approximate surface area is 87.2 Å². The maximum Gasteiger partial charge on any atom is 0.367 e. The lowest BCUT2D eigenvalue weighted by atomic mass is 10.1. The van der Waals surface area contributed by atoms with Gasteiger partial charge in [0.2, 0.25) is 0 Å². The van der Waals surface area contributed by atoms with Crippen LogP contribution in [0, 0.1) is 0 Å². The van der Waals surface area contributed by atoms with Crippen molar-refractivity contribution in [3.63, 3.8) is 0 Å². The highest BCUT2D eigenvalue weighted by molar-refractivity contribution is 6.51. The van der Waals surface area contributed by atoms with Gasteiger partial charge in [-0.25, -0.2) is 9.59 Å². The highest BCUT2D eigenvalue weighted by atomic mass is 16.4. The van der Waals surface area contributed by atoms with Crippen LogP contribution in [0.2, 0.25) is 0 Å². The molecular formula is C10H12N2O3. The lowest BCUT2D eigenvalue weighted by molar-refractivity contribution is -0.131. The third kappa shape index (κ3) is 3.46. The van der Waals surface area contributed by atoms with Crippen molar-refractivity contribution in [1.29, 1.82) is 0 Å². The first-order valence-corrected chi connectivity index (χ1v) is 4.75. The number of aliphatic imine (C=N–C) groups is 2. The summed E-state index contributed by atoms with van der Waals surface area (Å²) in [6.07, 6.45) is 4.82. The zero-order chi connectivity index (χ0) is 11.3. The Morgan fingerprint density at radius 1 is 1.47 bits per heavy atom. The molecule has 1 rings (SSSR count). The Kier molecular flexibility index (Phi) is 3.91. The topological polar surface area (TPSA) is 79.1 Å². The van der Waals surface area contributed by atoms with Crippen molar-refractivity contribution in [2.45, 2.75) is 26.2 Å². The van der Waals surface area contributed by atoms with Crippen LogP contribution in [0.5, 0.6) is 0 Å². The van der Waals surface area contributed by atoms with Gasteiger partial charge in [-0.3, -0.25) is 0 Å². The molecule has 15 heavy (non-hydrogen) atoms. The molecule has 1 aliphatic rings. The minimum Gasteiger partial charge on any atom is -0.478 e. The second-order valence-corrected chi connectivity index (χ2v) is 3.11. The zero-order valence-electron chi connectivity index (χ0n) is 8.43. The molecule has 0 radical (unpaired) electrons. The summed E-state index contributed by atoms with van der Waals surface area (Å²) in [5, 5.41) is 8.44. The number of rotatable bonds is 5. The van der Waals surface area contributed by atoms with Crippen LogP contribution in [0.15, 0.2) is 22.1 Å². The Bertz CT molecular complexity index is 367. The van der Waals surface area contributed by atoms with Gasteiger partial charge in [0.25, 0.3) is 0 Å². The first-order chi connectivity index (χ1) is 7.13. The van der Waals surface area contributed by atoms with Gasteiger partial charge >= 0.3 is 12.0 Å². The van der Waals surface area contributed by atoms with Gasteiger partial charge in [0.05, 0.1) is 11.4 Å². The smallest absolute Gasteiger partial charge is 0.367 e. The summed E-state index contributed by atoms with van der Waals surface area (Å²) in [5.74, 6) is -1.06. The van der Waals surface area contributed by atoms with E-state index in [0.29, 0.717) is 17.8 Å². The van der Waals surface area contributed by atoms with Gasteiger partial charge in [0, 0.05) is 6.08 Å². The third-order valence-electron chi connectivity index (χ3n) is 1.89. The molecule has 5 nitrogen and oxygen atoms in total. The van der Waals surface area contributed by atoms with E-state index in [9.17, 15) is 9.59 Å². The number of carbonyl (C=O) groups is 2. The molecule has 1 aliphatic heterocycles. The van der Waals surface area contributed by atoms with Crippen LogP contribution in [-0.2, 0) is 4.79 Å². The molecular weight excluding hydrogens is 196 g/mol. The molecule has 0 saturated heterocycles.